The van der Waals surface area contributed by atoms with Crippen LogP contribution in [0.1, 0.15) is 11.1 Å². The van der Waals surface area contributed by atoms with Crippen LogP contribution in [0.3, 0.4) is 0 Å². The summed E-state index contributed by atoms with van der Waals surface area (Å²) in [7, 11) is 0. The Morgan fingerprint density at radius 2 is 2.00 bits per heavy atom. The fraction of sp³-hybridized carbons (Fsp3) is 0.214. The second-order valence-corrected chi connectivity index (χ2v) is 4.33. The number of anilines is 1. The van der Waals surface area contributed by atoms with E-state index in [9.17, 15) is 4.79 Å². The van der Waals surface area contributed by atoms with E-state index in [4.69, 9.17) is 5.11 Å². The van der Waals surface area contributed by atoms with E-state index < -0.39 is 5.97 Å². The van der Waals surface area contributed by atoms with Crippen molar-refractivity contribution in [3.8, 4) is 11.3 Å². The molecule has 0 bridgehead atoms. The molecule has 0 aliphatic carbocycles. The number of aromatic nitrogens is 2. The van der Waals surface area contributed by atoms with Gasteiger partial charge in [-0.3, -0.25) is 4.79 Å². The average molecular weight is 257 g/mol. The lowest BCUT2D eigenvalue weighted by Crippen LogP contribution is -2.13. The summed E-state index contributed by atoms with van der Waals surface area (Å²) in [5, 5.41) is 11.4. The van der Waals surface area contributed by atoms with Crippen molar-refractivity contribution >= 4 is 11.8 Å². The van der Waals surface area contributed by atoms with Crippen LogP contribution >= 0.6 is 0 Å². The van der Waals surface area contributed by atoms with E-state index in [1.165, 1.54) is 17.5 Å². The molecule has 0 saturated carbocycles. The lowest BCUT2D eigenvalue weighted by Gasteiger charge is -2.07. The van der Waals surface area contributed by atoms with Gasteiger partial charge < -0.3 is 10.4 Å². The quantitative estimate of drug-likeness (QED) is 0.878. The zero-order valence-electron chi connectivity index (χ0n) is 10.8. The summed E-state index contributed by atoms with van der Waals surface area (Å²) in [6.07, 6.45) is 1.43. The Balaban J connectivity index is 2.27. The van der Waals surface area contributed by atoms with Gasteiger partial charge in [0.25, 0.3) is 0 Å². The van der Waals surface area contributed by atoms with Crippen LogP contribution < -0.4 is 5.32 Å². The first-order chi connectivity index (χ1) is 9.06. The van der Waals surface area contributed by atoms with E-state index >= 15 is 0 Å². The molecule has 0 aliphatic rings. The van der Waals surface area contributed by atoms with Gasteiger partial charge in [0.2, 0.25) is 0 Å². The van der Waals surface area contributed by atoms with E-state index in [1.54, 1.807) is 6.07 Å². The fourth-order valence-corrected chi connectivity index (χ4v) is 1.68. The average Bonchev–Trinajstić information content (AvgIpc) is 2.40. The van der Waals surface area contributed by atoms with Crippen molar-refractivity contribution < 1.29 is 9.90 Å². The van der Waals surface area contributed by atoms with Gasteiger partial charge >= 0.3 is 5.97 Å². The summed E-state index contributed by atoms with van der Waals surface area (Å²) in [6.45, 7) is 3.94. The Bertz CT molecular complexity index is 611. The third kappa shape index (κ3) is 3.28. The molecule has 0 unspecified atom stereocenters. The summed E-state index contributed by atoms with van der Waals surface area (Å²) in [6, 6.07) is 7.83. The first-order valence-electron chi connectivity index (χ1n) is 5.91. The van der Waals surface area contributed by atoms with Crippen molar-refractivity contribution in [1.29, 1.82) is 0 Å². The molecule has 19 heavy (non-hydrogen) atoms. The predicted molar refractivity (Wildman–Crippen MR) is 73.1 cm³/mol. The molecule has 1 heterocycles. The second kappa shape index (κ2) is 5.48. The lowest BCUT2D eigenvalue weighted by molar-refractivity contribution is -0.134. The molecule has 0 radical (unpaired) electrons. The van der Waals surface area contributed by atoms with E-state index in [-0.39, 0.29) is 6.54 Å². The maximum absolute atomic E-state index is 10.5. The number of nitrogens with one attached hydrogen (secondary N) is 1. The summed E-state index contributed by atoms with van der Waals surface area (Å²) in [4.78, 5) is 18.7. The number of carboxylic acids is 1. The first-order valence-corrected chi connectivity index (χ1v) is 5.91. The minimum absolute atomic E-state index is 0.163. The molecule has 5 nitrogen and oxygen atoms in total. The smallest absolute Gasteiger partial charge is 0.322 e. The number of benzene rings is 1. The number of aliphatic carboxylic acids is 1. The van der Waals surface area contributed by atoms with Gasteiger partial charge in [0.1, 0.15) is 18.7 Å². The van der Waals surface area contributed by atoms with Crippen molar-refractivity contribution in [2.24, 2.45) is 0 Å². The van der Waals surface area contributed by atoms with Gasteiger partial charge in [-0.15, -0.1) is 0 Å². The van der Waals surface area contributed by atoms with Crippen molar-refractivity contribution in [3.05, 3.63) is 41.7 Å². The third-order valence-electron chi connectivity index (χ3n) is 2.89. The molecule has 1 aromatic carbocycles. The molecular formula is C14H15N3O2. The predicted octanol–water partition coefficient (Wildman–Crippen LogP) is 2.26. The summed E-state index contributed by atoms with van der Waals surface area (Å²) in [5.74, 6) is -0.419. The molecule has 0 aliphatic heterocycles. The molecule has 0 saturated heterocycles. The van der Waals surface area contributed by atoms with Gasteiger partial charge in [-0.1, -0.05) is 12.1 Å². The van der Waals surface area contributed by atoms with Crippen molar-refractivity contribution in [1.82, 2.24) is 9.97 Å². The number of rotatable bonds is 4. The fourth-order valence-electron chi connectivity index (χ4n) is 1.68. The van der Waals surface area contributed by atoms with Gasteiger partial charge in [-0.2, -0.15) is 0 Å². The van der Waals surface area contributed by atoms with Gasteiger partial charge in [0, 0.05) is 11.6 Å². The summed E-state index contributed by atoms with van der Waals surface area (Å²) >= 11 is 0. The summed E-state index contributed by atoms with van der Waals surface area (Å²) in [5.41, 5.74) is 4.17. The molecule has 0 atom stereocenters. The number of nitrogens with zero attached hydrogens (tertiary/aromatic N) is 2. The Morgan fingerprint density at radius 3 is 2.68 bits per heavy atom. The number of carbonyl (C=O) groups is 1. The Labute approximate surface area is 111 Å². The van der Waals surface area contributed by atoms with E-state index in [0.29, 0.717) is 5.82 Å². The van der Waals surface area contributed by atoms with E-state index in [1.807, 2.05) is 19.1 Å². The Morgan fingerprint density at radius 1 is 1.21 bits per heavy atom. The minimum atomic E-state index is -0.925. The Kier molecular flexibility index (Phi) is 3.75. The van der Waals surface area contributed by atoms with Crippen molar-refractivity contribution in [2.45, 2.75) is 13.8 Å². The first kappa shape index (κ1) is 13.0. The monoisotopic (exact) mass is 257 g/mol. The lowest BCUT2D eigenvalue weighted by atomic mass is 10.0. The van der Waals surface area contributed by atoms with Crippen LogP contribution in [0.4, 0.5) is 5.82 Å². The summed E-state index contributed by atoms with van der Waals surface area (Å²) < 4.78 is 0. The van der Waals surface area contributed by atoms with Crippen molar-refractivity contribution in [2.75, 3.05) is 11.9 Å². The number of hydrogen-bond donors (Lipinski definition) is 2. The molecule has 2 N–H and O–H groups in total. The van der Waals surface area contributed by atoms with Gasteiger partial charge in [-0.05, 0) is 31.0 Å². The van der Waals surface area contributed by atoms with Crippen LogP contribution in [0.15, 0.2) is 30.6 Å². The standard InChI is InChI=1S/C14H15N3O2/c1-9-3-4-11(5-10(9)2)12-6-13(17-8-16-12)15-7-14(18)19/h3-6,8H,7H2,1-2H3,(H,18,19)(H,15,16,17). The van der Waals surface area contributed by atoms with Gasteiger partial charge in [-0.25, -0.2) is 9.97 Å². The molecule has 5 heteroatoms. The molecule has 0 spiro atoms. The zero-order valence-corrected chi connectivity index (χ0v) is 10.8. The van der Waals surface area contributed by atoms with Crippen LogP contribution in [-0.2, 0) is 4.79 Å². The number of hydrogen-bond acceptors (Lipinski definition) is 4. The van der Waals surface area contributed by atoms with Gasteiger partial charge in [0.05, 0.1) is 5.69 Å². The minimum Gasteiger partial charge on any atom is -0.480 e. The molecule has 1 aromatic heterocycles. The highest BCUT2D eigenvalue weighted by Gasteiger charge is 2.04. The van der Waals surface area contributed by atoms with Crippen LogP contribution in [0.5, 0.6) is 0 Å². The molecule has 0 fully saturated rings. The van der Waals surface area contributed by atoms with Gasteiger partial charge in [0.15, 0.2) is 0 Å². The maximum atomic E-state index is 10.5. The molecule has 2 aromatic rings. The van der Waals surface area contributed by atoms with Crippen LogP contribution in [-0.4, -0.2) is 27.6 Å². The van der Waals surface area contributed by atoms with Crippen LogP contribution in [0.25, 0.3) is 11.3 Å². The highest BCUT2D eigenvalue weighted by molar-refractivity contribution is 5.73. The zero-order chi connectivity index (χ0) is 13.8. The van der Waals surface area contributed by atoms with Crippen molar-refractivity contribution in [3.63, 3.8) is 0 Å². The SMILES string of the molecule is Cc1ccc(-c2cc(NCC(=O)O)ncn2)cc1C. The third-order valence-corrected chi connectivity index (χ3v) is 2.89. The van der Waals surface area contributed by atoms with E-state index in [0.717, 1.165) is 11.3 Å². The maximum Gasteiger partial charge on any atom is 0.322 e. The number of aryl methyl sites for hydroxylation is 2. The number of carboxylic acid groups (broad SMARTS) is 1. The molecule has 0 amide bonds. The molecule has 2 rings (SSSR count). The normalized spacial score (nSPS) is 10.2. The second-order valence-electron chi connectivity index (χ2n) is 4.33. The van der Waals surface area contributed by atoms with Crippen LogP contribution in [0.2, 0.25) is 0 Å². The molecular weight excluding hydrogens is 242 g/mol. The highest BCUT2D eigenvalue weighted by Crippen LogP contribution is 2.21. The Hall–Kier alpha value is -2.43. The largest absolute Gasteiger partial charge is 0.480 e. The molecule has 98 valence electrons. The highest BCUT2D eigenvalue weighted by atomic mass is 16.4. The topological polar surface area (TPSA) is 75.1 Å². The van der Waals surface area contributed by atoms with E-state index in [2.05, 4.69) is 28.3 Å². The van der Waals surface area contributed by atoms with Crippen LogP contribution in [0, 0.1) is 13.8 Å².